The van der Waals surface area contributed by atoms with E-state index in [0.717, 1.165) is 42.9 Å². The van der Waals surface area contributed by atoms with Gasteiger partial charge in [-0.1, -0.05) is 0 Å². The summed E-state index contributed by atoms with van der Waals surface area (Å²) < 4.78 is 5.16. The van der Waals surface area contributed by atoms with Gasteiger partial charge in [-0.05, 0) is 44.4 Å². The summed E-state index contributed by atoms with van der Waals surface area (Å²) in [5, 5.41) is 13.0. The van der Waals surface area contributed by atoms with Crippen LogP contribution in [0, 0.1) is 0 Å². The Morgan fingerprint density at radius 3 is 2.90 bits per heavy atom. The van der Waals surface area contributed by atoms with E-state index in [1.165, 1.54) is 12.7 Å². The molecule has 0 amide bonds. The van der Waals surface area contributed by atoms with Gasteiger partial charge in [0, 0.05) is 23.4 Å². The standard InChI is InChI=1S/C16H19N3O2/c1-3-17-16-11-5-4-6-12(11)18-15(19-16)10-7-8-13(20)14(9-10)21-2/h7-9,20H,3-6H2,1-2H3,(H,17,18,19). The molecule has 21 heavy (non-hydrogen) atoms. The summed E-state index contributed by atoms with van der Waals surface area (Å²) in [5.41, 5.74) is 3.22. The van der Waals surface area contributed by atoms with Gasteiger partial charge in [-0.2, -0.15) is 0 Å². The molecule has 5 heteroatoms. The van der Waals surface area contributed by atoms with Crippen LogP contribution in [-0.2, 0) is 12.8 Å². The Balaban J connectivity index is 2.08. The van der Waals surface area contributed by atoms with Gasteiger partial charge < -0.3 is 15.2 Å². The second-order valence-electron chi connectivity index (χ2n) is 5.09. The van der Waals surface area contributed by atoms with Crippen LogP contribution in [0.2, 0.25) is 0 Å². The lowest BCUT2D eigenvalue weighted by Gasteiger charge is -2.12. The summed E-state index contributed by atoms with van der Waals surface area (Å²) in [7, 11) is 1.53. The zero-order valence-electron chi connectivity index (χ0n) is 12.3. The predicted molar refractivity (Wildman–Crippen MR) is 81.9 cm³/mol. The normalized spacial score (nSPS) is 13.0. The van der Waals surface area contributed by atoms with Crippen molar-refractivity contribution in [3.05, 3.63) is 29.5 Å². The van der Waals surface area contributed by atoms with Crippen molar-refractivity contribution in [1.29, 1.82) is 0 Å². The molecule has 0 unspecified atom stereocenters. The van der Waals surface area contributed by atoms with Crippen molar-refractivity contribution < 1.29 is 9.84 Å². The molecule has 0 aliphatic heterocycles. The lowest BCUT2D eigenvalue weighted by Crippen LogP contribution is -2.06. The summed E-state index contributed by atoms with van der Waals surface area (Å²) in [6, 6.07) is 5.18. The number of aryl methyl sites for hydroxylation is 1. The Morgan fingerprint density at radius 2 is 2.14 bits per heavy atom. The van der Waals surface area contributed by atoms with Gasteiger partial charge in [0.15, 0.2) is 17.3 Å². The minimum absolute atomic E-state index is 0.120. The number of aromatic nitrogens is 2. The van der Waals surface area contributed by atoms with Crippen molar-refractivity contribution in [3.63, 3.8) is 0 Å². The number of anilines is 1. The van der Waals surface area contributed by atoms with Crippen molar-refractivity contribution in [3.8, 4) is 22.9 Å². The number of ether oxygens (including phenoxy) is 1. The monoisotopic (exact) mass is 285 g/mol. The highest BCUT2D eigenvalue weighted by atomic mass is 16.5. The number of methoxy groups -OCH3 is 1. The van der Waals surface area contributed by atoms with Crippen LogP contribution in [0.1, 0.15) is 24.6 Å². The van der Waals surface area contributed by atoms with Gasteiger partial charge >= 0.3 is 0 Å². The molecule has 3 rings (SSSR count). The molecule has 0 radical (unpaired) electrons. The van der Waals surface area contributed by atoms with E-state index in [1.807, 2.05) is 6.07 Å². The van der Waals surface area contributed by atoms with Crippen molar-refractivity contribution in [2.24, 2.45) is 0 Å². The largest absolute Gasteiger partial charge is 0.504 e. The first-order chi connectivity index (χ1) is 10.2. The molecule has 1 aliphatic rings. The number of fused-ring (bicyclic) bond motifs is 1. The first-order valence-electron chi connectivity index (χ1n) is 7.24. The molecule has 0 saturated carbocycles. The minimum atomic E-state index is 0.120. The average molecular weight is 285 g/mol. The maximum absolute atomic E-state index is 9.70. The molecule has 0 saturated heterocycles. The van der Waals surface area contributed by atoms with Crippen LogP contribution in [0.15, 0.2) is 18.2 Å². The van der Waals surface area contributed by atoms with Crippen LogP contribution in [-0.4, -0.2) is 28.7 Å². The summed E-state index contributed by atoms with van der Waals surface area (Å²) in [6.07, 6.45) is 3.17. The average Bonchev–Trinajstić information content (AvgIpc) is 2.96. The fourth-order valence-electron chi connectivity index (χ4n) is 2.69. The van der Waals surface area contributed by atoms with E-state index in [-0.39, 0.29) is 5.75 Å². The molecule has 1 heterocycles. The number of hydrogen-bond donors (Lipinski definition) is 2. The van der Waals surface area contributed by atoms with Crippen LogP contribution in [0.3, 0.4) is 0 Å². The summed E-state index contributed by atoms with van der Waals surface area (Å²) in [4.78, 5) is 9.33. The Hall–Kier alpha value is -2.30. The smallest absolute Gasteiger partial charge is 0.161 e. The third-order valence-electron chi connectivity index (χ3n) is 3.72. The fraction of sp³-hybridized carbons (Fsp3) is 0.375. The van der Waals surface area contributed by atoms with Crippen LogP contribution >= 0.6 is 0 Å². The van der Waals surface area contributed by atoms with Crippen LogP contribution in [0.5, 0.6) is 11.5 Å². The molecular weight excluding hydrogens is 266 g/mol. The highest BCUT2D eigenvalue weighted by molar-refractivity contribution is 5.64. The molecule has 2 N–H and O–H groups in total. The zero-order valence-corrected chi connectivity index (χ0v) is 12.3. The lowest BCUT2D eigenvalue weighted by atomic mass is 10.1. The number of nitrogens with zero attached hydrogens (tertiary/aromatic N) is 2. The molecule has 110 valence electrons. The van der Waals surface area contributed by atoms with Crippen LogP contribution in [0.4, 0.5) is 5.82 Å². The van der Waals surface area contributed by atoms with E-state index in [0.29, 0.717) is 11.6 Å². The van der Waals surface area contributed by atoms with Crippen LogP contribution in [0.25, 0.3) is 11.4 Å². The second kappa shape index (κ2) is 5.60. The van der Waals surface area contributed by atoms with E-state index >= 15 is 0 Å². The van der Waals surface area contributed by atoms with E-state index in [9.17, 15) is 5.11 Å². The highest BCUT2D eigenvalue weighted by Gasteiger charge is 2.20. The number of hydrogen-bond acceptors (Lipinski definition) is 5. The number of benzene rings is 1. The van der Waals surface area contributed by atoms with Gasteiger partial charge in [0.2, 0.25) is 0 Å². The number of phenolic OH excluding ortho intramolecular Hbond substituents is 1. The number of aromatic hydroxyl groups is 1. The zero-order chi connectivity index (χ0) is 14.8. The van der Waals surface area contributed by atoms with Crippen molar-refractivity contribution in [1.82, 2.24) is 9.97 Å². The van der Waals surface area contributed by atoms with E-state index < -0.39 is 0 Å². The lowest BCUT2D eigenvalue weighted by molar-refractivity contribution is 0.373. The first-order valence-corrected chi connectivity index (χ1v) is 7.24. The van der Waals surface area contributed by atoms with Crippen LogP contribution < -0.4 is 10.1 Å². The maximum atomic E-state index is 9.70. The second-order valence-corrected chi connectivity index (χ2v) is 5.09. The molecule has 0 bridgehead atoms. The molecule has 1 aromatic carbocycles. The van der Waals surface area contributed by atoms with Gasteiger partial charge in [0.25, 0.3) is 0 Å². The van der Waals surface area contributed by atoms with E-state index in [2.05, 4.69) is 22.2 Å². The quantitative estimate of drug-likeness (QED) is 0.904. The molecular formula is C16H19N3O2. The SMILES string of the molecule is CCNc1nc(-c2ccc(O)c(OC)c2)nc2c1CCC2. The molecule has 0 atom stereocenters. The van der Waals surface area contributed by atoms with E-state index in [4.69, 9.17) is 4.74 Å². The Morgan fingerprint density at radius 1 is 1.29 bits per heavy atom. The minimum Gasteiger partial charge on any atom is -0.504 e. The van der Waals surface area contributed by atoms with Gasteiger partial charge in [-0.15, -0.1) is 0 Å². The van der Waals surface area contributed by atoms with Crippen molar-refractivity contribution >= 4 is 5.82 Å². The maximum Gasteiger partial charge on any atom is 0.161 e. The molecule has 5 nitrogen and oxygen atoms in total. The number of phenols is 1. The molecule has 2 aromatic rings. The summed E-state index contributed by atoms with van der Waals surface area (Å²) in [5.74, 6) is 2.16. The third-order valence-corrected chi connectivity index (χ3v) is 3.72. The summed E-state index contributed by atoms with van der Waals surface area (Å²) >= 11 is 0. The van der Waals surface area contributed by atoms with Gasteiger partial charge in [0.05, 0.1) is 7.11 Å². The first kappa shape index (κ1) is 13.7. The van der Waals surface area contributed by atoms with Gasteiger partial charge in [-0.3, -0.25) is 0 Å². The summed E-state index contributed by atoms with van der Waals surface area (Å²) in [6.45, 7) is 2.90. The Kier molecular flexibility index (Phi) is 3.64. The Bertz CT molecular complexity index is 671. The van der Waals surface area contributed by atoms with Crippen molar-refractivity contribution in [2.75, 3.05) is 19.0 Å². The third kappa shape index (κ3) is 2.51. The number of rotatable bonds is 4. The molecule has 0 fully saturated rings. The molecule has 1 aromatic heterocycles. The molecule has 1 aliphatic carbocycles. The Labute approximate surface area is 124 Å². The molecule has 0 spiro atoms. The fourth-order valence-corrected chi connectivity index (χ4v) is 2.69. The predicted octanol–water partition coefficient (Wildman–Crippen LogP) is 2.78. The number of nitrogens with one attached hydrogen (secondary N) is 1. The van der Waals surface area contributed by atoms with Gasteiger partial charge in [0.1, 0.15) is 5.82 Å². The highest BCUT2D eigenvalue weighted by Crippen LogP contribution is 2.33. The van der Waals surface area contributed by atoms with Crippen molar-refractivity contribution in [2.45, 2.75) is 26.2 Å². The van der Waals surface area contributed by atoms with E-state index in [1.54, 1.807) is 12.1 Å². The van der Waals surface area contributed by atoms with Gasteiger partial charge in [-0.25, -0.2) is 9.97 Å². The topological polar surface area (TPSA) is 67.3 Å².